The van der Waals surface area contributed by atoms with E-state index in [1.807, 2.05) is 11.3 Å². The Labute approximate surface area is 341 Å². The second-order valence-electron chi connectivity index (χ2n) is 15.2. The highest BCUT2D eigenvalue weighted by Crippen LogP contribution is 2.59. The SMILES string of the molecule is c1ccc(N(c2ccc3c(c2)C(c2ccccc2)(c2ccccc2)c2cccc(-n4c5ccccc5c5ccccc54)c2-3)c2ccc3sc4ccccc4c3c2)cc1. The maximum Gasteiger partial charge on any atom is 0.0715 e. The molecule has 9 aromatic carbocycles. The number of thiophene rings is 1. The molecule has 272 valence electrons. The van der Waals surface area contributed by atoms with Gasteiger partial charge in [-0.05, 0) is 94.5 Å². The Hall–Kier alpha value is -7.20. The van der Waals surface area contributed by atoms with Crippen LogP contribution in [0.1, 0.15) is 22.3 Å². The first-order valence-corrected chi connectivity index (χ1v) is 20.8. The minimum atomic E-state index is -0.589. The lowest BCUT2D eigenvalue weighted by molar-refractivity contribution is 0.768. The predicted molar refractivity (Wildman–Crippen MR) is 246 cm³/mol. The predicted octanol–water partition coefficient (Wildman–Crippen LogP) is 15.0. The Kier molecular flexibility index (Phi) is 7.35. The summed E-state index contributed by atoms with van der Waals surface area (Å²) in [5.74, 6) is 0. The number of aromatic nitrogens is 1. The van der Waals surface area contributed by atoms with Crippen LogP contribution < -0.4 is 4.90 Å². The van der Waals surface area contributed by atoms with E-state index in [0.29, 0.717) is 0 Å². The van der Waals surface area contributed by atoms with Crippen molar-refractivity contribution in [2.45, 2.75) is 5.41 Å². The number of fused-ring (bicyclic) bond motifs is 9. The largest absolute Gasteiger partial charge is 0.310 e. The van der Waals surface area contributed by atoms with Gasteiger partial charge in [0, 0.05) is 53.6 Å². The second kappa shape index (κ2) is 12.9. The zero-order valence-corrected chi connectivity index (χ0v) is 32.4. The van der Waals surface area contributed by atoms with E-state index in [2.05, 4.69) is 228 Å². The van der Waals surface area contributed by atoms with Crippen LogP contribution in [0.5, 0.6) is 0 Å². The fourth-order valence-corrected chi connectivity index (χ4v) is 11.0. The molecule has 2 heterocycles. The number of hydrogen-bond donors (Lipinski definition) is 0. The van der Waals surface area contributed by atoms with Gasteiger partial charge in [0.15, 0.2) is 0 Å². The lowest BCUT2D eigenvalue weighted by Gasteiger charge is -2.35. The van der Waals surface area contributed by atoms with Gasteiger partial charge in [0.05, 0.1) is 22.1 Å². The molecular formula is C55H36N2S. The molecule has 1 aliphatic rings. The maximum absolute atomic E-state index is 2.49. The van der Waals surface area contributed by atoms with Crippen molar-refractivity contribution in [2.75, 3.05) is 4.90 Å². The van der Waals surface area contributed by atoms with Crippen LogP contribution in [-0.2, 0) is 5.41 Å². The van der Waals surface area contributed by atoms with Crippen LogP contribution in [-0.4, -0.2) is 4.57 Å². The topological polar surface area (TPSA) is 8.17 Å². The van der Waals surface area contributed by atoms with Crippen LogP contribution in [0.4, 0.5) is 17.1 Å². The molecule has 12 rings (SSSR count). The average Bonchev–Trinajstić information content (AvgIpc) is 3.94. The van der Waals surface area contributed by atoms with Crippen molar-refractivity contribution >= 4 is 70.4 Å². The summed E-state index contributed by atoms with van der Waals surface area (Å²) in [7, 11) is 0. The van der Waals surface area contributed by atoms with Crippen LogP contribution in [0.15, 0.2) is 218 Å². The second-order valence-corrected chi connectivity index (χ2v) is 16.3. The van der Waals surface area contributed by atoms with Gasteiger partial charge in [-0.1, -0.05) is 152 Å². The molecule has 0 fully saturated rings. The summed E-state index contributed by atoms with van der Waals surface area (Å²) in [4.78, 5) is 2.43. The van der Waals surface area contributed by atoms with E-state index in [1.165, 1.54) is 81.0 Å². The molecule has 0 spiro atoms. The molecule has 58 heavy (non-hydrogen) atoms. The third-order valence-electron chi connectivity index (χ3n) is 12.2. The number of para-hydroxylation sites is 3. The zero-order chi connectivity index (χ0) is 38.2. The van der Waals surface area contributed by atoms with Gasteiger partial charge in [-0.15, -0.1) is 11.3 Å². The zero-order valence-electron chi connectivity index (χ0n) is 31.6. The summed E-state index contributed by atoms with van der Waals surface area (Å²) in [6.07, 6.45) is 0. The summed E-state index contributed by atoms with van der Waals surface area (Å²) >= 11 is 1.86. The minimum Gasteiger partial charge on any atom is -0.310 e. The van der Waals surface area contributed by atoms with Crippen molar-refractivity contribution in [1.29, 1.82) is 0 Å². The molecule has 0 amide bonds. The van der Waals surface area contributed by atoms with E-state index in [-0.39, 0.29) is 0 Å². The van der Waals surface area contributed by atoms with E-state index in [9.17, 15) is 0 Å². The van der Waals surface area contributed by atoms with Gasteiger partial charge >= 0.3 is 0 Å². The lowest BCUT2D eigenvalue weighted by Crippen LogP contribution is -2.28. The van der Waals surface area contributed by atoms with Gasteiger partial charge in [0.2, 0.25) is 0 Å². The van der Waals surface area contributed by atoms with Gasteiger partial charge < -0.3 is 9.47 Å². The van der Waals surface area contributed by atoms with Crippen LogP contribution in [0.3, 0.4) is 0 Å². The third kappa shape index (κ3) is 4.71. The highest BCUT2D eigenvalue weighted by atomic mass is 32.1. The number of hydrogen-bond acceptors (Lipinski definition) is 2. The number of benzene rings is 9. The fraction of sp³-hybridized carbons (Fsp3) is 0.0182. The highest BCUT2D eigenvalue weighted by molar-refractivity contribution is 7.25. The molecule has 1 aliphatic carbocycles. The summed E-state index contributed by atoms with van der Waals surface area (Å²) in [6, 6.07) is 80.6. The van der Waals surface area contributed by atoms with Crippen molar-refractivity contribution < 1.29 is 0 Å². The molecule has 0 radical (unpaired) electrons. The lowest BCUT2D eigenvalue weighted by atomic mass is 9.67. The van der Waals surface area contributed by atoms with Crippen molar-refractivity contribution in [3.8, 4) is 16.8 Å². The van der Waals surface area contributed by atoms with Crippen LogP contribution >= 0.6 is 11.3 Å². The van der Waals surface area contributed by atoms with Gasteiger partial charge in [-0.3, -0.25) is 0 Å². The molecule has 2 nitrogen and oxygen atoms in total. The molecule has 2 aromatic heterocycles. The molecule has 0 bridgehead atoms. The number of anilines is 3. The fourth-order valence-electron chi connectivity index (χ4n) is 9.89. The van der Waals surface area contributed by atoms with Gasteiger partial charge in [-0.2, -0.15) is 0 Å². The van der Waals surface area contributed by atoms with Gasteiger partial charge in [0.1, 0.15) is 0 Å². The Balaban J connectivity index is 1.18. The van der Waals surface area contributed by atoms with Crippen LogP contribution in [0.2, 0.25) is 0 Å². The first kappa shape index (κ1) is 33.0. The van der Waals surface area contributed by atoms with E-state index in [1.54, 1.807) is 0 Å². The van der Waals surface area contributed by atoms with Crippen molar-refractivity contribution in [3.63, 3.8) is 0 Å². The molecule has 3 heteroatoms. The summed E-state index contributed by atoms with van der Waals surface area (Å²) in [5, 5.41) is 5.10. The maximum atomic E-state index is 2.49. The quantitative estimate of drug-likeness (QED) is 0.164. The van der Waals surface area contributed by atoms with Crippen molar-refractivity contribution in [2.24, 2.45) is 0 Å². The Morgan fingerprint density at radius 3 is 1.62 bits per heavy atom. The molecule has 0 unspecified atom stereocenters. The molecule has 0 N–H and O–H groups in total. The normalized spacial score (nSPS) is 13.0. The highest BCUT2D eigenvalue weighted by Gasteiger charge is 2.47. The standard InChI is InChI=1S/C55H36N2S/c1-4-17-37(18-5-1)55(38-19-6-2-7-20-38)47-26-16-29-51(57-49-27-13-10-23-42(49)43-24-11-14-28-50(43)57)54(47)45-33-31-41(36-48(45)55)56(39-21-8-3-9-22-39)40-32-34-53-46(35-40)44-25-12-15-30-52(44)58-53/h1-36H. The summed E-state index contributed by atoms with van der Waals surface area (Å²) < 4.78 is 5.10. The third-order valence-corrected chi connectivity index (χ3v) is 13.4. The Bertz CT molecular complexity index is 3250. The van der Waals surface area contributed by atoms with Gasteiger partial charge in [0.25, 0.3) is 0 Å². The van der Waals surface area contributed by atoms with E-state index < -0.39 is 5.41 Å². The minimum absolute atomic E-state index is 0.589. The van der Waals surface area contributed by atoms with Gasteiger partial charge in [-0.25, -0.2) is 0 Å². The van der Waals surface area contributed by atoms with E-state index >= 15 is 0 Å². The number of rotatable bonds is 6. The van der Waals surface area contributed by atoms with Crippen molar-refractivity contribution in [3.05, 3.63) is 241 Å². The van der Waals surface area contributed by atoms with Crippen LogP contribution in [0, 0.1) is 0 Å². The smallest absolute Gasteiger partial charge is 0.0715 e. The monoisotopic (exact) mass is 756 g/mol. The first-order valence-electron chi connectivity index (χ1n) is 19.9. The van der Waals surface area contributed by atoms with Crippen molar-refractivity contribution in [1.82, 2.24) is 4.57 Å². The molecule has 0 aliphatic heterocycles. The molecular weight excluding hydrogens is 721 g/mol. The first-order chi connectivity index (χ1) is 28.8. The van der Waals surface area contributed by atoms with Crippen LogP contribution in [0.25, 0.3) is 58.8 Å². The molecule has 0 saturated heterocycles. The van der Waals surface area contributed by atoms with E-state index in [4.69, 9.17) is 0 Å². The molecule has 11 aromatic rings. The molecule has 0 saturated carbocycles. The summed E-state index contributed by atoms with van der Waals surface area (Å²) in [6.45, 7) is 0. The average molecular weight is 757 g/mol. The summed E-state index contributed by atoms with van der Waals surface area (Å²) in [5.41, 5.74) is 13.9. The Morgan fingerprint density at radius 2 is 0.931 bits per heavy atom. The Morgan fingerprint density at radius 1 is 0.379 bits per heavy atom. The van der Waals surface area contributed by atoms with E-state index in [0.717, 1.165) is 17.1 Å². The number of nitrogens with zero attached hydrogens (tertiary/aromatic N) is 2. The molecule has 0 atom stereocenters.